The number of carbonyl (C=O) groups is 2. The average molecular weight is 339 g/mol. The smallest absolute Gasteiger partial charge is 0.409 e. The van der Waals surface area contributed by atoms with Crippen molar-refractivity contribution in [2.24, 2.45) is 0 Å². The molecule has 0 unspecified atom stereocenters. The zero-order valence-electron chi connectivity index (χ0n) is 13.1. The maximum Gasteiger partial charge on any atom is 0.409 e. The van der Waals surface area contributed by atoms with E-state index in [9.17, 15) is 9.59 Å². The van der Waals surface area contributed by atoms with Crippen molar-refractivity contribution < 1.29 is 14.3 Å². The molecule has 124 valence electrons. The highest BCUT2D eigenvalue weighted by Crippen LogP contribution is 2.23. The highest BCUT2D eigenvalue weighted by atomic mass is 35.5. The molecule has 1 aliphatic rings. The van der Waals surface area contributed by atoms with E-state index in [0.29, 0.717) is 38.2 Å². The van der Waals surface area contributed by atoms with E-state index < -0.39 is 0 Å². The number of halogens is 1. The van der Waals surface area contributed by atoms with Crippen molar-refractivity contribution in [2.75, 3.05) is 19.7 Å². The number of nitrogens with zero attached hydrogens (tertiary/aromatic N) is 2. The predicted octanol–water partition coefficient (Wildman–Crippen LogP) is 2.20. The van der Waals surface area contributed by atoms with Gasteiger partial charge in [-0.15, -0.1) is 0 Å². The molecule has 2 rings (SSSR count). The average Bonchev–Trinajstić information content (AvgIpc) is 2.83. The van der Waals surface area contributed by atoms with Crippen LogP contribution in [0.25, 0.3) is 0 Å². The summed E-state index contributed by atoms with van der Waals surface area (Å²) in [6.45, 7) is 4.87. The molecule has 0 spiro atoms. The summed E-state index contributed by atoms with van der Waals surface area (Å²) in [6, 6.07) is 1.89. The van der Waals surface area contributed by atoms with E-state index >= 15 is 0 Å². The van der Waals surface area contributed by atoms with Crippen LogP contribution >= 0.6 is 11.6 Å². The zero-order valence-corrected chi connectivity index (χ0v) is 13.9. The number of nitriles is 1. The van der Waals surface area contributed by atoms with E-state index in [0.717, 1.165) is 0 Å². The number of aryl methyl sites for hydroxylation is 1. The van der Waals surface area contributed by atoms with Crippen LogP contribution in [0.5, 0.6) is 0 Å². The number of nitrogens with one attached hydrogen (secondary N) is 2. The summed E-state index contributed by atoms with van der Waals surface area (Å²) >= 11 is 5.99. The van der Waals surface area contributed by atoms with E-state index in [1.165, 1.54) is 0 Å². The van der Waals surface area contributed by atoms with Crippen LogP contribution in [0.4, 0.5) is 4.79 Å². The number of carbonyl (C=O) groups excluding carboxylic acids is 2. The number of hydrogen-bond acceptors (Lipinski definition) is 4. The summed E-state index contributed by atoms with van der Waals surface area (Å²) < 4.78 is 4.96. The Morgan fingerprint density at radius 1 is 1.48 bits per heavy atom. The molecule has 2 N–H and O–H groups in total. The number of amides is 2. The van der Waals surface area contributed by atoms with Crippen molar-refractivity contribution in [1.82, 2.24) is 15.2 Å². The number of piperidine rings is 1. The second kappa shape index (κ2) is 7.38. The summed E-state index contributed by atoms with van der Waals surface area (Å²) in [7, 11) is 0. The lowest BCUT2D eigenvalue weighted by molar-refractivity contribution is 0.0857. The number of hydrogen-bond donors (Lipinski definition) is 2. The molecule has 0 atom stereocenters. The molecule has 1 fully saturated rings. The van der Waals surface area contributed by atoms with Gasteiger partial charge in [0.05, 0.1) is 11.6 Å². The van der Waals surface area contributed by atoms with Crippen molar-refractivity contribution in [3.63, 3.8) is 0 Å². The molecular weight excluding hydrogens is 320 g/mol. The van der Waals surface area contributed by atoms with E-state index in [4.69, 9.17) is 21.6 Å². The van der Waals surface area contributed by atoms with E-state index in [-0.39, 0.29) is 34.3 Å². The molecule has 0 bridgehead atoms. The van der Waals surface area contributed by atoms with Crippen LogP contribution in [0.15, 0.2) is 0 Å². The van der Waals surface area contributed by atoms with Gasteiger partial charge in [0.2, 0.25) is 0 Å². The van der Waals surface area contributed by atoms with Gasteiger partial charge < -0.3 is 19.9 Å². The van der Waals surface area contributed by atoms with Crippen LogP contribution in [0.1, 0.15) is 41.5 Å². The van der Waals surface area contributed by atoms with Gasteiger partial charge in [0.25, 0.3) is 5.91 Å². The van der Waals surface area contributed by atoms with Crippen LogP contribution in [0.2, 0.25) is 5.02 Å². The number of ether oxygens (including phenoxy) is 1. The first-order valence-corrected chi connectivity index (χ1v) is 7.86. The molecule has 1 saturated heterocycles. The fourth-order valence-electron chi connectivity index (χ4n) is 2.56. The lowest BCUT2D eigenvalue weighted by atomic mass is 10.1. The van der Waals surface area contributed by atoms with Crippen molar-refractivity contribution in [3.8, 4) is 6.07 Å². The molecule has 2 amide bonds. The molecule has 8 heteroatoms. The summed E-state index contributed by atoms with van der Waals surface area (Å²) in [6.07, 6.45) is 0.954. The van der Waals surface area contributed by atoms with Crippen molar-refractivity contribution in [2.45, 2.75) is 32.7 Å². The number of aromatic amines is 1. The summed E-state index contributed by atoms with van der Waals surface area (Å²) in [5, 5.41) is 12.3. The lowest BCUT2D eigenvalue weighted by Gasteiger charge is -2.31. The van der Waals surface area contributed by atoms with E-state index in [2.05, 4.69) is 10.3 Å². The van der Waals surface area contributed by atoms with Gasteiger partial charge in [-0.25, -0.2) is 4.79 Å². The Hall–Kier alpha value is -2.20. The van der Waals surface area contributed by atoms with Crippen LogP contribution in [0.3, 0.4) is 0 Å². The molecule has 1 aromatic rings. The van der Waals surface area contributed by atoms with Gasteiger partial charge in [-0.2, -0.15) is 5.26 Å². The monoisotopic (exact) mass is 338 g/mol. The molecule has 1 aliphatic heterocycles. The SMILES string of the molecule is CCOC(=O)N1CCC(NC(=O)c2[nH]c(C)c(Cl)c2C#N)CC1. The third-order valence-corrected chi connectivity index (χ3v) is 4.28. The second-order valence-electron chi connectivity index (χ2n) is 5.36. The van der Waals surface area contributed by atoms with Crippen molar-refractivity contribution in [1.29, 1.82) is 5.26 Å². The van der Waals surface area contributed by atoms with Gasteiger partial charge in [0, 0.05) is 24.8 Å². The number of H-pyrrole nitrogens is 1. The molecule has 0 radical (unpaired) electrons. The minimum atomic E-state index is -0.355. The number of rotatable bonds is 3. The Labute approximate surface area is 139 Å². The van der Waals surface area contributed by atoms with Crippen LogP contribution in [-0.2, 0) is 4.74 Å². The number of aromatic nitrogens is 1. The maximum absolute atomic E-state index is 12.3. The predicted molar refractivity (Wildman–Crippen MR) is 84.3 cm³/mol. The number of likely N-dealkylation sites (tertiary alicyclic amines) is 1. The first-order chi connectivity index (χ1) is 11.0. The Morgan fingerprint density at radius 3 is 2.70 bits per heavy atom. The van der Waals surface area contributed by atoms with E-state index in [1.807, 2.05) is 6.07 Å². The van der Waals surface area contributed by atoms with Crippen molar-refractivity contribution in [3.05, 3.63) is 22.0 Å². The third-order valence-electron chi connectivity index (χ3n) is 3.81. The third kappa shape index (κ3) is 3.77. The van der Waals surface area contributed by atoms with Crippen LogP contribution in [0, 0.1) is 18.3 Å². The first kappa shape index (κ1) is 17.2. The zero-order chi connectivity index (χ0) is 17.0. The molecule has 0 saturated carbocycles. The lowest BCUT2D eigenvalue weighted by Crippen LogP contribution is -2.46. The standard InChI is InChI=1S/C15H19ClN4O3/c1-3-23-15(22)20-6-4-10(5-7-20)19-14(21)13-11(8-17)12(16)9(2)18-13/h10,18H,3-7H2,1-2H3,(H,19,21). The maximum atomic E-state index is 12.3. The van der Waals surface area contributed by atoms with Gasteiger partial charge in [-0.3, -0.25) is 4.79 Å². The minimum Gasteiger partial charge on any atom is -0.450 e. The fraction of sp³-hybridized carbons (Fsp3) is 0.533. The van der Waals surface area contributed by atoms with Gasteiger partial charge >= 0.3 is 6.09 Å². The van der Waals surface area contributed by atoms with Crippen LogP contribution in [-0.4, -0.2) is 47.6 Å². The molecule has 7 nitrogen and oxygen atoms in total. The molecule has 1 aromatic heterocycles. The molecule has 23 heavy (non-hydrogen) atoms. The topological polar surface area (TPSA) is 98.2 Å². The molecule has 0 aliphatic carbocycles. The van der Waals surface area contributed by atoms with Gasteiger partial charge in [0.15, 0.2) is 0 Å². The quantitative estimate of drug-likeness (QED) is 0.882. The second-order valence-corrected chi connectivity index (χ2v) is 5.74. The first-order valence-electron chi connectivity index (χ1n) is 7.48. The highest BCUT2D eigenvalue weighted by molar-refractivity contribution is 6.33. The normalized spacial score (nSPS) is 15.1. The van der Waals surface area contributed by atoms with E-state index in [1.54, 1.807) is 18.7 Å². The molecule has 2 heterocycles. The molecule has 0 aromatic carbocycles. The summed E-state index contributed by atoms with van der Waals surface area (Å²) in [5.74, 6) is -0.355. The fourth-order valence-corrected chi connectivity index (χ4v) is 2.74. The Bertz CT molecular complexity index is 642. The molecular formula is C15H19ClN4O3. The largest absolute Gasteiger partial charge is 0.450 e. The Morgan fingerprint density at radius 2 is 2.13 bits per heavy atom. The van der Waals surface area contributed by atoms with Crippen molar-refractivity contribution >= 4 is 23.6 Å². The Balaban J connectivity index is 1.94. The van der Waals surface area contributed by atoms with Gasteiger partial charge in [-0.05, 0) is 26.7 Å². The Kier molecular flexibility index (Phi) is 5.50. The van der Waals surface area contributed by atoms with Crippen LogP contribution < -0.4 is 5.32 Å². The highest BCUT2D eigenvalue weighted by Gasteiger charge is 2.26. The van der Waals surface area contributed by atoms with Gasteiger partial charge in [-0.1, -0.05) is 11.6 Å². The van der Waals surface area contributed by atoms with Gasteiger partial charge in [0.1, 0.15) is 17.3 Å². The summed E-state index contributed by atoms with van der Waals surface area (Å²) in [5.41, 5.74) is 0.930. The summed E-state index contributed by atoms with van der Waals surface area (Å²) in [4.78, 5) is 28.4. The minimum absolute atomic E-state index is 0.0536.